The Hall–Kier alpha value is -2.88. The molecule has 2 aromatic carbocycles. The van der Waals surface area contributed by atoms with E-state index in [2.05, 4.69) is 59.6 Å². The van der Waals surface area contributed by atoms with Crippen LogP contribution in [0.3, 0.4) is 0 Å². The number of benzene rings is 2. The van der Waals surface area contributed by atoms with E-state index in [-0.39, 0.29) is 0 Å². The second-order valence-electron chi connectivity index (χ2n) is 6.08. The summed E-state index contributed by atoms with van der Waals surface area (Å²) in [7, 11) is 0. The number of aromatic nitrogens is 2. The van der Waals surface area contributed by atoms with E-state index in [1.54, 1.807) is 0 Å². The Kier molecular flexibility index (Phi) is 4.47. The maximum absolute atomic E-state index is 4.58. The van der Waals surface area contributed by atoms with Crippen molar-refractivity contribution < 1.29 is 0 Å². The molecule has 0 aliphatic rings. The highest BCUT2D eigenvalue weighted by molar-refractivity contribution is 5.63. The molecule has 2 N–H and O–H groups in total. The number of nitrogens with zero attached hydrogens (tertiary/aromatic N) is 2. The molecule has 0 saturated carbocycles. The van der Waals surface area contributed by atoms with Crippen LogP contribution in [0.15, 0.2) is 48.5 Å². The summed E-state index contributed by atoms with van der Waals surface area (Å²) >= 11 is 0. The molecule has 0 atom stereocenters. The first kappa shape index (κ1) is 16.0. The molecule has 4 heteroatoms. The van der Waals surface area contributed by atoms with Crippen LogP contribution in [-0.4, -0.2) is 9.97 Å². The highest BCUT2D eigenvalue weighted by atomic mass is 15.1. The van der Waals surface area contributed by atoms with E-state index >= 15 is 0 Å². The quantitative estimate of drug-likeness (QED) is 0.694. The smallest absolute Gasteiger partial charge is 0.229 e. The maximum Gasteiger partial charge on any atom is 0.229 e. The predicted octanol–water partition coefficient (Wildman–Crippen LogP) is 5.20. The van der Waals surface area contributed by atoms with Crippen molar-refractivity contribution in [3.05, 3.63) is 70.9 Å². The molecule has 0 unspecified atom stereocenters. The zero-order valence-electron chi connectivity index (χ0n) is 14.5. The minimum Gasteiger partial charge on any atom is -0.340 e. The van der Waals surface area contributed by atoms with Gasteiger partial charge in [0.15, 0.2) is 0 Å². The van der Waals surface area contributed by atoms with Gasteiger partial charge in [-0.3, -0.25) is 0 Å². The third kappa shape index (κ3) is 3.71. The van der Waals surface area contributed by atoms with E-state index in [0.717, 1.165) is 22.9 Å². The van der Waals surface area contributed by atoms with E-state index in [1.807, 2.05) is 37.3 Å². The molecule has 0 spiro atoms. The van der Waals surface area contributed by atoms with Crippen LogP contribution in [0, 0.1) is 27.7 Å². The lowest BCUT2D eigenvalue weighted by atomic mass is 10.1. The summed E-state index contributed by atoms with van der Waals surface area (Å²) in [6.45, 7) is 8.25. The van der Waals surface area contributed by atoms with Gasteiger partial charge in [-0.1, -0.05) is 24.3 Å². The number of anilines is 4. The molecule has 122 valence electrons. The summed E-state index contributed by atoms with van der Waals surface area (Å²) in [4.78, 5) is 9.07. The molecule has 24 heavy (non-hydrogen) atoms. The van der Waals surface area contributed by atoms with E-state index in [0.29, 0.717) is 5.95 Å². The first-order chi connectivity index (χ1) is 11.5. The van der Waals surface area contributed by atoms with Gasteiger partial charge in [-0.05, 0) is 62.6 Å². The van der Waals surface area contributed by atoms with Crippen molar-refractivity contribution >= 4 is 23.1 Å². The summed E-state index contributed by atoms with van der Waals surface area (Å²) in [5, 5.41) is 6.66. The topological polar surface area (TPSA) is 49.8 Å². The van der Waals surface area contributed by atoms with Crippen LogP contribution in [0.2, 0.25) is 0 Å². The fourth-order valence-corrected chi connectivity index (χ4v) is 2.49. The Labute approximate surface area is 143 Å². The van der Waals surface area contributed by atoms with Gasteiger partial charge in [-0.25, -0.2) is 4.98 Å². The summed E-state index contributed by atoms with van der Waals surface area (Å²) in [5.74, 6) is 1.37. The summed E-state index contributed by atoms with van der Waals surface area (Å²) < 4.78 is 0. The van der Waals surface area contributed by atoms with Gasteiger partial charge in [-0.2, -0.15) is 4.98 Å². The van der Waals surface area contributed by atoms with Crippen molar-refractivity contribution in [1.29, 1.82) is 0 Å². The summed E-state index contributed by atoms with van der Waals surface area (Å²) in [6.07, 6.45) is 0. The Morgan fingerprint density at radius 2 is 1.50 bits per heavy atom. The lowest BCUT2D eigenvalue weighted by Crippen LogP contribution is -2.03. The van der Waals surface area contributed by atoms with Crippen molar-refractivity contribution in [2.45, 2.75) is 27.7 Å². The Balaban J connectivity index is 1.86. The number of para-hydroxylation sites is 1. The third-order valence-electron chi connectivity index (χ3n) is 4.03. The van der Waals surface area contributed by atoms with Gasteiger partial charge in [0.25, 0.3) is 0 Å². The van der Waals surface area contributed by atoms with Crippen molar-refractivity contribution in [2.75, 3.05) is 10.6 Å². The van der Waals surface area contributed by atoms with Gasteiger partial charge in [0.2, 0.25) is 5.95 Å². The van der Waals surface area contributed by atoms with Crippen LogP contribution >= 0.6 is 0 Å². The van der Waals surface area contributed by atoms with Gasteiger partial charge < -0.3 is 10.6 Å². The van der Waals surface area contributed by atoms with E-state index in [1.165, 1.54) is 16.7 Å². The third-order valence-corrected chi connectivity index (χ3v) is 4.03. The molecule has 0 radical (unpaired) electrons. The largest absolute Gasteiger partial charge is 0.340 e. The molecule has 0 aliphatic heterocycles. The van der Waals surface area contributed by atoms with Gasteiger partial charge >= 0.3 is 0 Å². The lowest BCUT2D eigenvalue weighted by molar-refractivity contribution is 1.11. The molecular weight excluding hydrogens is 296 g/mol. The van der Waals surface area contributed by atoms with Crippen molar-refractivity contribution in [3.8, 4) is 0 Å². The second kappa shape index (κ2) is 6.71. The van der Waals surface area contributed by atoms with Crippen LogP contribution in [0.1, 0.15) is 22.4 Å². The van der Waals surface area contributed by atoms with E-state index in [4.69, 9.17) is 0 Å². The van der Waals surface area contributed by atoms with Crippen LogP contribution in [-0.2, 0) is 0 Å². The van der Waals surface area contributed by atoms with Gasteiger partial charge in [0.1, 0.15) is 5.82 Å². The van der Waals surface area contributed by atoms with Gasteiger partial charge in [0.05, 0.1) is 0 Å². The summed E-state index contributed by atoms with van der Waals surface area (Å²) in [6, 6.07) is 16.3. The molecule has 3 rings (SSSR count). The average Bonchev–Trinajstić information content (AvgIpc) is 2.53. The van der Waals surface area contributed by atoms with Crippen LogP contribution in [0.5, 0.6) is 0 Å². The Morgan fingerprint density at radius 3 is 2.25 bits per heavy atom. The highest BCUT2D eigenvalue weighted by Crippen LogP contribution is 2.22. The number of rotatable bonds is 4. The molecule has 0 bridgehead atoms. The van der Waals surface area contributed by atoms with Gasteiger partial charge in [-0.15, -0.1) is 0 Å². The molecule has 1 heterocycles. The highest BCUT2D eigenvalue weighted by Gasteiger charge is 2.05. The van der Waals surface area contributed by atoms with Crippen molar-refractivity contribution in [3.63, 3.8) is 0 Å². The first-order valence-corrected chi connectivity index (χ1v) is 8.04. The molecule has 4 nitrogen and oxygen atoms in total. The molecule has 1 aromatic heterocycles. The van der Waals surface area contributed by atoms with E-state index in [9.17, 15) is 0 Å². The average molecular weight is 318 g/mol. The molecular formula is C20H22N4. The Bertz CT molecular complexity index is 871. The number of nitrogens with one attached hydrogen (secondary N) is 2. The molecule has 0 aliphatic carbocycles. The predicted molar refractivity (Wildman–Crippen MR) is 100 cm³/mol. The monoisotopic (exact) mass is 318 g/mol. The zero-order valence-corrected chi connectivity index (χ0v) is 14.5. The number of hydrogen-bond acceptors (Lipinski definition) is 4. The van der Waals surface area contributed by atoms with Crippen molar-refractivity contribution in [2.24, 2.45) is 0 Å². The maximum atomic E-state index is 4.58. The Morgan fingerprint density at radius 1 is 0.708 bits per heavy atom. The minimum absolute atomic E-state index is 0.592. The standard InChI is InChI=1S/C20H22N4/c1-13-9-10-17(11-15(13)3)22-20-21-16(4)12-19(24-20)23-18-8-6-5-7-14(18)2/h5-12H,1-4H3,(H2,21,22,23,24). The molecule has 0 saturated heterocycles. The normalized spacial score (nSPS) is 10.5. The number of aryl methyl sites for hydroxylation is 4. The first-order valence-electron chi connectivity index (χ1n) is 8.04. The zero-order chi connectivity index (χ0) is 17.1. The second-order valence-corrected chi connectivity index (χ2v) is 6.08. The fourth-order valence-electron chi connectivity index (χ4n) is 2.49. The lowest BCUT2D eigenvalue weighted by Gasteiger charge is -2.12. The van der Waals surface area contributed by atoms with Crippen LogP contribution < -0.4 is 10.6 Å². The molecule has 3 aromatic rings. The van der Waals surface area contributed by atoms with Crippen molar-refractivity contribution in [1.82, 2.24) is 9.97 Å². The fraction of sp³-hybridized carbons (Fsp3) is 0.200. The molecule has 0 fully saturated rings. The van der Waals surface area contributed by atoms with E-state index < -0.39 is 0 Å². The summed E-state index contributed by atoms with van der Waals surface area (Å²) in [5.41, 5.74) is 6.64. The number of hydrogen-bond donors (Lipinski definition) is 2. The minimum atomic E-state index is 0.592. The molecule has 0 amide bonds. The SMILES string of the molecule is Cc1cc(Nc2ccccc2C)nc(Nc2ccc(C)c(C)c2)n1. The van der Waals surface area contributed by atoms with Crippen LogP contribution in [0.4, 0.5) is 23.1 Å². The van der Waals surface area contributed by atoms with Crippen LogP contribution in [0.25, 0.3) is 0 Å². The van der Waals surface area contributed by atoms with Gasteiger partial charge in [0, 0.05) is 23.1 Å².